The van der Waals surface area contributed by atoms with Crippen molar-refractivity contribution in [2.24, 2.45) is 0 Å². The Morgan fingerprint density at radius 1 is 0.857 bits per heavy atom. The first-order valence-electron chi connectivity index (χ1n) is 12.4. The van der Waals surface area contributed by atoms with Gasteiger partial charge in [0.2, 0.25) is 11.9 Å². The second-order valence-corrected chi connectivity index (χ2v) is 9.11. The second-order valence-electron chi connectivity index (χ2n) is 9.11. The van der Waals surface area contributed by atoms with E-state index in [2.05, 4.69) is 25.8 Å². The van der Waals surface area contributed by atoms with Gasteiger partial charge in [-0.25, -0.2) is 4.39 Å². The van der Waals surface area contributed by atoms with Crippen molar-refractivity contribution in [3.8, 4) is 11.4 Å². The lowest BCUT2D eigenvalue weighted by Crippen LogP contribution is -2.39. The van der Waals surface area contributed by atoms with Gasteiger partial charge in [0.05, 0.1) is 18.9 Å². The van der Waals surface area contributed by atoms with Crippen LogP contribution < -0.4 is 9.80 Å². The molecule has 2 fully saturated rings. The van der Waals surface area contributed by atoms with E-state index in [0.717, 1.165) is 69.9 Å². The van der Waals surface area contributed by atoms with Gasteiger partial charge in [-0.05, 0) is 49.6 Å². The highest BCUT2D eigenvalue weighted by molar-refractivity contribution is 5.62. The minimum atomic E-state index is -0.292. The van der Waals surface area contributed by atoms with E-state index in [-0.39, 0.29) is 5.82 Å². The van der Waals surface area contributed by atoms with E-state index in [1.165, 1.54) is 12.1 Å². The zero-order chi connectivity index (χ0) is 24.0. The lowest BCUT2D eigenvalue weighted by Gasteiger charge is -2.31. The fourth-order valence-electron chi connectivity index (χ4n) is 4.63. The Morgan fingerprint density at radius 3 is 2.26 bits per heavy atom. The molecular formula is C26H32FN7O. The third kappa shape index (κ3) is 5.91. The second kappa shape index (κ2) is 11.0. The van der Waals surface area contributed by atoms with Gasteiger partial charge >= 0.3 is 0 Å². The summed E-state index contributed by atoms with van der Waals surface area (Å²) in [6, 6.07) is 10.8. The van der Waals surface area contributed by atoms with Gasteiger partial charge in [0.25, 0.3) is 0 Å². The smallest absolute Gasteiger partial charge is 0.230 e. The molecular weight excluding hydrogens is 445 g/mol. The molecule has 2 aliphatic rings. The first-order valence-corrected chi connectivity index (χ1v) is 12.4. The molecule has 3 aromatic rings. The maximum atomic E-state index is 14.1. The third-order valence-electron chi connectivity index (χ3n) is 6.55. The Bertz CT molecular complexity index is 1110. The van der Waals surface area contributed by atoms with Crippen molar-refractivity contribution in [1.29, 1.82) is 0 Å². The van der Waals surface area contributed by atoms with Crippen LogP contribution in [-0.2, 0) is 11.3 Å². The molecule has 0 atom stereocenters. The number of anilines is 2. The first-order chi connectivity index (χ1) is 17.2. The summed E-state index contributed by atoms with van der Waals surface area (Å²) in [4.78, 5) is 25.8. The van der Waals surface area contributed by atoms with Crippen molar-refractivity contribution in [1.82, 2.24) is 24.8 Å². The van der Waals surface area contributed by atoms with Crippen LogP contribution in [0.15, 0.2) is 42.6 Å². The Kier molecular flexibility index (Phi) is 7.44. The highest BCUT2D eigenvalue weighted by Gasteiger charge is 2.22. The molecule has 4 heterocycles. The van der Waals surface area contributed by atoms with Crippen LogP contribution in [0.2, 0.25) is 0 Å². The Balaban J connectivity index is 1.37. The quantitative estimate of drug-likeness (QED) is 0.554. The first kappa shape index (κ1) is 23.6. The zero-order valence-corrected chi connectivity index (χ0v) is 20.2. The Hall–Kier alpha value is -3.17. The Morgan fingerprint density at radius 2 is 1.57 bits per heavy atom. The molecule has 0 N–H and O–H groups in total. The minimum absolute atomic E-state index is 0.292. The molecule has 2 saturated heterocycles. The van der Waals surface area contributed by atoms with Crippen LogP contribution in [0.25, 0.3) is 11.4 Å². The normalized spacial score (nSPS) is 17.8. The van der Waals surface area contributed by atoms with E-state index < -0.39 is 0 Å². The molecule has 2 aliphatic heterocycles. The molecule has 8 nitrogen and oxygen atoms in total. The molecule has 2 aromatic heterocycles. The maximum Gasteiger partial charge on any atom is 0.230 e. The van der Waals surface area contributed by atoms with Gasteiger partial charge in [-0.3, -0.25) is 9.88 Å². The van der Waals surface area contributed by atoms with Crippen LogP contribution in [0, 0.1) is 12.7 Å². The third-order valence-corrected chi connectivity index (χ3v) is 6.55. The van der Waals surface area contributed by atoms with Gasteiger partial charge in [-0.1, -0.05) is 12.1 Å². The van der Waals surface area contributed by atoms with E-state index in [9.17, 15) is 4.39 Å². The SMILES string of the molecule is Cc1ccc(F)cc1-c1nc(N2CCCN(Cc3ccccn3)CCC2)nc(N2CCOCC2)n1. The predicted octanol–water partition coefficient (Wildman–Crippen LogP) is 3.32. The number of hydrogen-bond donors (Lipinski definition) is 0. The highest BCUT2D eigenvalue weighted by atomic mass is 19.1. The van der Waals surface area contributed by atoms with Crippen molar-refractivity contribution in [3.63, 3.8) is 0 Å². The van der Waals surface area contributed by atoms with Crippen LogP contribution in [-0.4, -0.2) is 77.3 Å². The van der Waals surface area contributed by atoms with Gasteiger partial charge in [-0.15, -0.1) is 0 Å². The average molecular weight is 478 g/mol. The molecule has 184 valence electrons. The van der Waals surface area contributed by atoms with Crippen molar-refractivity contribution in [2.75, 3.05) is 62.3 Å². The summed E-state index contributed by atoms with van der Waals surface area (Å²) in [5, 5.41) is 0. The molecule has 9 heteroatoms. The number of benzene rings is 1. The molecule has 35 heavy (non-hydrogen) atoms. The number of aromatic nitrogens is 4. The van der Waals surface area contributed by atoms with Gasteiger partial charge in [-0.2, -0.15) is 15.0 Å². The van der Waals surface area contributed by atoms with E-state index in [4.69, 9.17) is 19.7 Å². The number of pyridine rings is 1. The lowest BCUT2D eigenvalue weighted by atomic mass is 10.1. The largest absolute Gasteiger partial charge is 0.378 e. The van der Waals surface area contributed by atoms with Crippen LogP contribution in [0.1, 0.15) is 24.1 Å². The van der Waals surface area contributed by atoms with Gasteiger partial charge in [0.15, 0.2) is 5.82 Å². The van der Waals surface area contributed by atoms with E-state index in [0.29, 0.717) is 36.5 Å². The summed E-state index contributed by atoms with van der Waals surface area (Å²) in [5.74, 6) is 1.53. The van der Waals surface area contributed by atoms with Crippen molar-refractivity contribution in [3.05, 3.63) is 59.7 Å². The minimum Gasteiger partial charge on any atom is -0.378 e. The zero-order valence-electron chi connectivity index (χ0n) is 20.2. The predicted molar refractivity (Wildman–Crippen MR) is 134 cm³/mol. The molecule has 0 spiro atoms. The molecule has 0 amide bonds. The summed E-state index contributed by atoms with van der Waals surface area (Å²) in [7, 11) is 0. The summed E-state index contributed by atoms with van der Waals surface area (Å²) in [6.45, 7) is 9.27. The molecule has 0 unspecified atom stereocenters. The number of aryl methyl sites for hydroxylation is 1. The van der Waals surface area contributed by atoms with Gasteiger partial charge in [0.1, 0.15) is 5.82 Å². The summed E-state index contributed by atoms with van der Waals surface area (Å²) in [5.41, 5.74) is 2.75. The maximum absolute atomic E-state index is 14.1. The topological polar surface area (TPSA) is 70.5 Å². The number of halogens is 1. The van der Waals surface area contributed by atoms with Gasteiger partial charge < -0.3 is 14.5 Å². The molecule has 5 rings (SSSR count). The number of ether oxygens (including phenoxy) is 1. The van der Waals surface area contributed by atoms with Crippen LogP contribution >= 0.6 is 0 Å². The number of nitrogens with zero attached hydrogens (tertiary/aromatic N) is 7. The summed E-state index contributed by atoms with van der Waals surface area (Å²) < 4.78 is 19.6. The monoisotopic (exact) mass is 477 g/mol. The van der Waals surface area contributed by atoms with Crippen LogP contribution in [0.5, 0.6) is 0 Å². The van der Waals surface area contributed by atoms with Crippen molar-refractivity contribution in [2.45, 2.75) is 26.3 Å². The lowest BCUT2D eigenvalue weighted by molar-refractivity contribution is 0.122. The van der Waals surface area contributed by atoms with E-state index in [1.807, 2.05) is 25.3 Å². The highest BCUT2D eigenvalue weighted by Crippen LogP contribution is 2.26. The molecule has 0 bridgehead atoms. The van der Waals surface area contributed by atoms with Crippen LogP contribution in [0.4, 0.5) is 16.3 Å². The standard InChI is InChI=1S/C26H32FN7O/c1-20-7-8-21(27)18-23(20)24-29-25(31-26(30-24)34-14-16-35-17-15-34)33-12-4-10-32(11-5-13-33)19-22-6-2-3-9-28-22/h2-3,6-9,18H,4-5,10-17,19H2,1H3. The van der Waals surface area contributed by atoms with Gasteiger partial charge in [0, 0.05) is 57.6 Å². The molecule has 1 aromatic carbocycles. The summed E-state index contributed by atoms with van der Waals surface area (Å²) in [6.07, 6.45) is 3.85. The molecule has 0 saturated carbocycles. The Labute approximate surface area is 205 Å². The average Bonchev–Trinajstić information content (AvgIpc) is 2.88. The van der Waals surface area contributed by atoms with E-state index in [1.54, 1.807) is 6.07 Å². The fraction of sp³-hybridized carbons (Fsp3) is 0.462. The number of hydrogen-bond acceptors (Lipinski definition) is 8. The molecule has 0 radical (unpaired) electrons. The van der Waals surface area contributed by atoms with E-state index >= 15 is 0 Å². The van der Waals surface area contributed by atoms with Crippen LogP contribution in [0.3, 0.4) is 0 Å². The fourth-order valence-corrected chi connectivity index (χ4v) is 4.63. The summed E-state index contributed by atoms with van der Waals surface area (Å²) >= 11 is 0. The van der Waals surface area contributed by atoms with Crippen molar-refractivity contribution < 1.29 is 9.13 Å². The van der Waals surface area contributed by atoms with Crippen molar-refractivity contribution >= 4 is 11.9 Å². The number of rotatable bonds is 5. The molecule has 0 aliphatic carbocycles. The number of morpholine rings is 1.